The molecule has 6 heteroatoms. The first-order valence-corrected chi connectivity index (χ1v) is 9.76. The molecule has 28 heavy (non-hydrogen) atoms. The van der Waals surface area contributed by atoms with E-state index in [4.69, 9.17) is 0 Å². The summed E-state index contributed by atoms with van der Waals surface area (Å²) in [5, 5.41) is 0. The van der Waals surface area contributed by atoms with Crippen LogP contribution < -0.4 is 4.90 Å². The van der Waals surface area contributed by atoms with E-state index in [-0.39, 0.29) is 17.9 Å². The molecule has 1 aromatic heterocycles. The lowest BCUT2D eigenvalue weighted by Gasteiger charge is -2.35. The van der Waals surface area contributed by atoms with Crippen LogP contribution in [0.3, 0.4) is 0 Å². The number of carbonyl (C=O) groups excluding carboxylic acids is 2. The second kappa shape index (κ2) is 8.87. The number of pyridine rings is 1. The van der Waals surface area contributed by atoms with Crippen molar-refractivity contribution in [3.8, 4) is 0 Å². The van der Waals surface area contributed by atoms with Crippen LogP contribution in [0.1, 0.15) is 36.7 Å². The predicted octanol–water partition coefficient (Wildman–Crippen LogP) is 2.80. The minimum atomic E-state index is -0.0180. The van der Waals surface area contributed by atoms with Crippen molar-refractivity contribution >= 4 is 17.5 Å². The third kappa shape index (κ3) is 4.68. The van der Waals surface area contributed by atoms with Crippen LogP contribution in [-0.2, 0) is 11.3 Å². The standard InChI is InChI=1S/C22H28N4O2/c1-17(2)26(16-19-7-5-4-6-8-19)22(28)20-13-21(15-23-14-20)25-11-9-24(10-12-25)18(3)27/h4-8,13-15,17H,9-12,16H2,1-3H3. The molecule has 2 aromatic rings. The molecule has 1 saturated heterocycles. The fourth-order valence-electron chi connectivity index (χ4n) is 3.43. The maximum atomic E-state index is 13.2. The number of rotatable bonds is 5. The summed E-state index contributed by atoms with van der Waals surface area (Å²) >= 11 is 0. The van der Waals surface area contributed by atoms with E-state index >= 15 is 0 Å². The Morgan fingerprint density at radius 1 is 1.07 bits per heavy atom. The molecular formula is C22H28N4O2. The predicted molar refractivity (Wildman–Crippen MR) is 110 cm³/mol. The maximum absolute atomic E-state index is 13.2. The van der Waals surface area contributed by atoms with E-state index in [0.717, 1.165) is 24.3 Å². The van der Waals surface area contributed by atoms with Gasteiger partial charge in [-0.05, 0) is 25.5 Å². The number of benzene rings is 1. The van der Waals surface area contributed by atoms with Crippen LogP contribution in [0.25, 0.3) is 0 Å². The van der Waals surface area contributed by atoms with Gasteiger partial charge < -0.3 is 14.7 Å². The Balaban J connectivity index is 1.74. The smallest absolute Gasteiger partial charge is 0.256 e. The third-order valence-corrected chi connectivity index (χ3v) is 5.14. The van der Waals surface area contributed by atoms with Crippen LogP contribution >= 0.6 is 0 Å². The number of piperazine rings is 1. The largest absolute Gasteiger partial charge is 0.367 e. The van der Waals surface area contributed by atoms with Gasteiger partial charge in [-0.25, -0.2) is 0 Å². The summed E-state index contributed by atoms with van der Waals surface area (Å²) in [7, 11) is 0. The van der Waals surface area contributed by atoms with Gasteiger partial charge in [0.15, 0.2) is 0 Å². The molecule has 1 aliphatic heterocycles. The first-order chi connectivity index (χ1) is 13.5. The van der Waals surface area contributed by atoms with Crippen LogP contribution in [-0.4, -0.2) is 58.8 Å². The van der Waals surface area contributed by atoms with Gasteiger partial charge in [-0.3, -0.25) is 14.6 Å². The Kier molecular flexibility index (Phi) is 6.29. The van der Waals surface area contributed by atoms with Gasteiger partial charge in [0, 0.05) is 51.9 Å². The zero-order chi connectivity index (χ0) is 20.1. The van der Waals surface area contributed by atoms with Gasteiger partial charge in [-0.15, -0.1) is 0 Å². The summed E-state index contributed by atoms with van der Waals surface area (Å²) in [5.74, 6) is 0.0887. The van der Waals surface area contributed by atoms with Crippen molar-refractivity contribution in [2.45, 2.75) is 33.4 Å². The lowest BCUT2D eigenvalue weighted by Crippen LogP contribution is -2.48. The number of amides is 2. The Hall–Kier alpha value is -2.89. The number of anilines is 1. The van der Waals surface area contributed by atoms with Crippen LogP contribution in [0, 0.1) is 0 Å². The minimum Gasteiger partial charge on any atom is -0.367 e. The van der Waals surface area contributed by atoms with Crippen molar-refractivity contribution in [1.82, 2.24) is 14.8 Å². The van der Waals surface area contributed by atoms with E-state index < -0.39 is 0 Å². The molecule has 3 rings (SSSR count). The van der Waals surface area contributed by atoms with Gasteiger partial charge in [-0.1, -0.05) is 30.3 Å². The fourth-order valence-corrected chi connectivity index (χ4v) is 3.43. The highest BCUT2D eigenvalue weighted by Gasteiger charge is 2.22. The lowest BCUT2D eigenvalue weighted by atomic mass is 10.1. The minimum absolute atomic E-state index is 0.0180. The van der Waals surface area contributed by atoms with Crippen LogP contribution in [0.4, 0.5) is 5.69 Å². The summed E-state index contributed by atoms with van der Waals surface area (Å²) in [4.78, 5) is 34.9. The Morgan fingerprint density at radius 2 is 1.75 bits per heavy atom. The first-order valence-electron chi connectivity index (χ1n) is 9.76. The molecule has 0 N–H and O–H groups in total. The average molecular weight is 380 g/mol. The highest BCUT2D eigenvalue weighted by Crippen LogP contribution is 2.20. The van der Waals surface area contributed by atoms with E-state index in [2.05, 4.69) is 9.88 Å². The van der Waals surface area contributed by atoms with Crippen LogP contribution in [0.15, 0.2) is 48.8 Å². The lowest BCUT2D eigenvalue weighted by molar-refractivity contribution is -0.129. The highest BCUT2D eigenvalue weighted by atomic mass is 16.2. The number of hydrogen-bond acceptors (Lipinski definition) is 4. The molecule has 2 amide bonds. The van der Waals surface area contributed by atoms with Crippen molar-refractivity contribution in [3.63, 3.8) is 0 Å². The number of nitrogens with zero attached hydrogens (tertiary/aromatic N) is 4. The van der Waals surface area contributed by atoms with Gasteiger partial charge in [0.2, 0.25) is 5.91 Å². The van der Waals surface area contributed by atoms with Crippen molar-refractivity contribution in [3.05, 3.63) is 59.9 Å². The van der Waals surface area contributed by atoms with E-state index in [9.17, 15) is 9.59 Å². The second-order valence-corrected chi connectivity index (χ2v) is 7.44. The summed E-state index contributed by atoms with van der Waals surface area (Å²) in [6, 6.07) is 12.0. The molecule has 0 aliphatic carbocycles. The van der Waals surface area contributed by atoms with Crippen LogP contribution in [0.5, 0.6) is 0 Å². The van der Waals surface area contributed by atoms with E-state index in [1.54, 1.807) is 19.3 Å². The average Bonchev–Trinajstić information content (AvgIpc) is 2.72. The Labute approximate surface area is 166 Å². The molecule has 1 aliphatic rings. The molecule has 2 heterocycles. The van der Waals surface area contributed by atoms with E-state index in [0.29, 0.717) is 25.2 Å². The van der Waals surface area contributed by atoms with Gasteiger partial charge in [-0.2, -0.15) is 0 Å². The number of aromatic nitrogens is 1. The summed E-state index contributed by atoms with van der Waals surface area (Å²) in [6.07, 6.45) is 3.43. The Bertz CT molecular complexity index is 814. The van der Waals surface area contributed by atoms with Gasteiger partial charge in [0.25, 0.3) is 5.91 Å². The topological polar surface area (TPSA) is 56.8 Å². The van der Waals surface area contributed by atoms with Gasteiger partial charge in [0.1, 0.15) is 0 Å². The molecule has 0 bridgehead atoms. The van der Waals surface area contributed by atoms with Crippen molar-refractivity contribution in [2.75, 3.05) is 31.1 Å². The molecule has 0 radical (unpaired) electrons. The Morgan fingerprint density at radius 3 is 2.36 bits per heavy atom. The second-order valence-electron chi connectivity index (χ2n) is 7.44. The highest BCUT2D eigenvalue weighted by molar-refractivity contribution is 5.95. The van der Waals surface area contributed by atoms with E-state index in [1.165, 1.54) is 0 Å². The zero-order valence-corrected chi connectivity index (χ0v) is 16.8. The molecule has 1 aromatic carbocycles. The molecule has 0 atom stereocenters. The van der Waals surface area contributed by atoms with Crippen molar-refractivity contribution < 1.29 is 9.59 Å². The summed E-state index contributed by atoms with van der Waals surface area (Å²) in [6.45, 7) is 9.10. The summed E-state index contributed by atoms with van der Waals surface area (Å²) in [5.41, 5.74) is 2.63. The number of carbonyl (C=O) groups is 2. The molecule has 0 spiro atoms. The van der Waals surface area contributed by atoms with Crippen molar-refractivity contribution in [1.29, 1.82) is 0 Å². The van der Waals surface area contributed by atoms with E-state index in [1.807, 2.05) is 60.0 Å². The molecule has 0 saturated carbocycles. The van der Waals surface area contributed by atoms with Gasteiger partial charge >= 0.3 is 0 Å². The van der Waals surface area contributed by atoms with Crippen molar-refractivity contribution in [2.24, 2.45) is 0 Å². The van der Waals surface area contributed by atoms with Gasteiger partial charge in [0.05, 0.1) is 17.4 Å². The molecule has 6 nitrogen and oxygen atoms in total. The SMILES string of the molecule is CC(=O)N1CCN(c2cncc(C(=O)N(Cc3ccccc3)C(C)C)c2)CC1. The molecule has 148 valence electrons. The monoisotopic (exact) mass is 380 g/mol. The molecular weight excluding hydrogens is 352 g/mol. The number of hydrogen-bond donors (Lipinski definition) is 0. The van der Waals surface area contributed by atoms with Crippen LogP contribution in [0.2, 0.25) is 0 Å². The fraction of sp³-hybridized carbons (Fsp3) is 0.409. The maximum Gasteiger partial charge on any atom is 0.256 e. The zero-order valence-electron chi connectivity index (χ0n) is 16.8. The molecule has 0 unspecified atom stereocenters. The summed E-state index contributed by atoms with van der Waals surface area (Å²) < 4.78 is 0. The molecule has 1 fully saturated rings. The quantitative estimate of drug-likeness (QED) is 0.800. The normalized spacial score (nSPS) is 14.3. The first kappa shape index (κ1) is 19.9. The third-order valence-electron chi connectivity index (χ3n) is 5.14.